The van der Waals surface area contributed by atoms with Crippen molar-refractivity contribution >= 4 is 16.8 Å². The number of rotatable bonds is 7. The molecule has 1 fully saturated rings. The molecule has 1 heterocycles. The Kier molecular flexibility index (Phi) is 6.06. The van der Waals surface area contributed by atoms with Gasteiger partial charge in [0, 0.05) is 5.39 Å². The van der Waals surface area contributed by atoms with Gasteiger partial charge in [0.1, 0.15) is 19.1 Å². The molecule has 2 N–H and O–H groups in total. The highest BCUT2D eigenvalue weighted by molar-refractivity contribution is 5.84. The zero-order valence-electron chi connectivity index (χ0n) is 16.4. The van der Waals surface area contributed by atoms with Crippen LogP contribution in [0.3, 0.4) is 0 Å². The maximum Gasteiger partial charge on any atom is 0.229 e. The predicted octanol–water partition coefficient (Wildman–Crippen LogP) is 4.15. The van der Waals surface area contributed by atoms with E-state index < -0.39 is 0 Å². The number of fused-ring (bicyclic) bond motifs is 1. The van der Waals surface area contributed by atoms with Gasteiger partial charge in [-0.3, -0.25) is 4.79 Å². The third-order valence-electron chi connectivity index (χ3n) is 5.69. The number of hydrogen-bond donors (Lipinski definition) is 2. The number of nitrogens with one attached hydrogen (secondary N) is 1. The molecule has 1 amide bonds. The largest absolute Gasteiger partial charge is 0.487 e. The lowest BCUT2D eigenvalue weighted by atomic mass is 9.84. The van der Waals surface area contributed by atoms with Gasteiger partial charge in [-0.25, -0.2) is 4.98 Å². The Balaban J connectivity index is 1.45. The first-order valence-electron chi connectivity index (χ1n) is 10.2. The predicted molar refractivity (Wildman–Crippen MR) is 112 cm³/mol. The maximum atomic E-state index is 12.5. The van der Waals surface area contributed by atoms with Crippen LogP contribution >= 0.6 is 0 Å². The highest BCUT2D eigenvalue weighted by Crippen LogP contribution is 2.38. The van der Waals surface area contributed by atoms with E-state index in [0.29, 0.717) is 12.5 Å². The minimum Gasteiger partial charge on any atom is -0.487 e. The normalized spacial score (nSPS) is 15.3. The first-order chi connectivity index (χ1) is 14.2. The Morgan fingerprint density at radius 1 is 1.07 bits per heavy atom. The van der Waals surface area contributed by atoms with Gasteiger partial charge in [0.2, 0.25) is 5.91 Å². The minimum absolute atomic E-state index is 0.103. The van der Waals surface area contributed by atoms with Crippen molar-refractivity contribution in [1.82, 2.24) is 10.3 Å². The molecule has 0 saturated heterocycles. The molecule has 5 heteroatoms. The lowest BCUT2D eigenvalue weighted by molar-refractivity contribution is -0.124. The summed E-state index contributed by atoms with van der Waals surface area (Å²) in [5, 5.41) is 12.8. The molecule has 0 radical (unpaired) electrons. The van der Waals surface area contributed by atoms with E-state index in [0.717, 1.165) is 53.6 Å². The Morgan fingerprint density at radius 3 is 2.59 bits per heavy atom. The van der Waals surface area contributed by atoms with Gasteiger partial charge in [-0.15, -0.1) is 0 Å². The number of benzene rings is 2. The Labute approximate surface area is 170 Å². The molecule has 1 aromatic heterocycles. The standard InChI is InChI=1S/C24H26N2O3/c27-16-25-24(28)23(18-6-1-2-7-18)19-10-13-21(14-11-19)29-15-20-12-9-17-5-3-4-8-22(17)26-20/h3-5,8-14,18,23,27H,1-2,6-7,15-16H2,(H,25,28). The number of aromatic nitrogens is 1. The molecule has 0 bridgehead atoms. The first-order valence-corrected chi connectivity index (χ1v) is 10.2. The van der Waals surface area contributed by atoms with Crippen molar-refractivity contribution < 1.29 is 14.6 Å². The quantitative estimate of drug-likeness (QED) is 0.595. The number of carbonyl (C=O) groups excluding carboxylic acids is 1. The van der Waals surface area contributed by atoms with E-state index in [1.807, 2.05) is 54.6 Å². The smallest absolute Gasteiger partial charge is 0.229 e. The molecule has 1 atom stereocenters. The van der Waals surface area contributed by atoms with Gasteiger partial charge in [0.25, 0.3) is 0 Å². The van der Waals surface area contributed by atoms with Crippen LogP contribution in [-0.4, -0.2) is 22.7 Å². The van der Waals surface area contributed by atoms with Crippen molar-refractivity contribution in [3.05, 3.63) is 71.9 Å². The van der Waals surface area contributed by atoms with E-state index in [-0.39, 0.29) is 18.6 Å². The summed E-state index contributed by atoms with van der Waals surface area (Å²) in [6.45, 7) is 0.0588. The van der Waals surface area contributed by atoms with Crippen LogP contribution in [0.25, 0.3) is 10.9 Å². The average molecular weight is 390 g/mol. The number of nitrogens with zero attached hydrogens (tertiary/aromatic N) is 1. The van der Waals surface area contributed by atoms with Gasteiger partial charge in [0.05, 0.1) is 17.1 Å². The monoisotopic (exact) mass is 390 g/mol. The zero-order valence-corrected chi connectivity index (χ0v) is 16.4. The van der Waals surface area contributed by atoms with E-state index in [4.69, 9.17) is 9.84 Å². The molecule has 5 nitrogen and oxygen atoms in total. The number of aliphatic hydroxyl groups excluding tert-OH is 1. The Hall–Kier alpha value is -2.92. The van der Waals surface area contributed by atoms with Crippen LogP contribution < -0.4 is 10.1 Å². The second-order valence-electron chi connectivity index (χ2n) is 7.57. The third kappa shape index (κ3) is 4.57. The average Bonchev–Trinajstić information content (AvgIpc) is 3.28. The second kappa shape index (κ2) is 9.05. The van der Waals surface area contributed by atoms with Crippen molar-refractivity contribution in [3.63, 3.8) is 0 Å². The molecule has 0 spiro atoms. The lowest BCUT2D eigenvalue weighted by Crippen LogP contribution is -2.33. The van der Waals surface area contributed by atoms with Gasteiger partial charge in [-0.05, 0) is 48.6 Å². The van der Waals surface area contributed by atoms with Crippen molar-refractivity contribution in [2.24, 2.45) is 5.92 Å². The van der Waals surface area contributed by atoms with Crippen molar-refractivity contribution in [3.8, 4) is 5.75 Å². The topological polar surface area (TPSA) is 71.5 Å². The summed E-state index contributed by atoms with van der Waals surface area (Å²) in [6, 6.07) is 19.8. The van der Waals surface area contributed by atoms with Crippen molar-refractivity contribution in [2.75, 3.05) is 6.73 Å². The number of amides is 1. The molecular formula is C24H26N2O3. The van der Waals surface area contributed by atoms with Crippen LogP contribution in [0.5, 0.6) is 5.75 Å². The number of ether oxygens (including phenoxy) is 1. The van der Waals surface area contributed by atoms with Crippen LogP contribution in [0.1, 0.15) is 42.9 Å². The van der Waals surface area contributed by atoms with Crippen LogP contribution in [0, 0.1) is 5.92 Å². The third-order valence-corrected chi connectivity index (χ3v) is 5.69. The minimum atomic E-state index is -0.331. The molecule has 4 rings (SSSR count). The van der Waals surface area contributed by atoms with Gasteiger partial charge >= 0.3 is 0 Å². The fourth-order valence-electron chi connectivity index (χ4n) is 4.23. The van der Waals surface area contributed by atoms with Gasteiger partial charge in [0.15, 0.2) is 0 Å². The van der Waals surface area contributed by atoms with Gasteiger partial charge in [-0.2, -0.15) is 0 Å². The number of pyridine rings is 1. The first kappa shape index (κ1) is 19.4. The van der Waals surface area contributed by atoms with Crippen LogP contribution in [-0.2, 0) is 11.4 Å². The van der Waals surface area contributed by atoms with Crippen molar-refractivity contribution in [2.45, 2.75) is 38.2 Å². The summed E-state index contributed by atoms with van der Waals surface area (Å²) in [5.41, 5.74) is 2.80. The van der Waals surface area contributed by atoms with E-state index in [2.05, 4.69) is 16.4 Å². The van der Waals surface area contributed by atoms with Gasteiger partial charge < -0.3 is 15.2 Å². The fourth-order valence-corrected chi connectivity index (χ4v) is 4.23. The molecule has 1 aliphatic rings. The Morgan fingerprint density at radius 2 is 1.83 bits per heavy atom. The van der Waals surface area contributed by atoms with Crippen molar-refractivity contribution in [1.29, 1.82) is 0 Å². The molecule has 150 valence electrons. The highest BCUT2D eigenvalue weighted by Gasteiger charge is 2.31. The second-order valence-corrected chi connectivity index (χ2v) is 7.57. The Bertz CT molecular complexity index is 965. The van der Waals surface area contributed by atoms with Crippen LogP contribution in [0.2, 0.25) is 0 Å². The van der Waals surface area contributed by atoms with Crippen LogP contribution in [0.15, 0.2) is 60.7 Å². The summed E-state index contributed by atoms with van der Waals surface area (Å²) >= 11 is 0. The SMILES string of the molecule is O=C(NCO)C(c1ccc(OCc2ccc3ccccc3n2)cc1)C1CCCC1. The summed E-state index contributed by atoms with van der Waals surface area (Å²) < 4.78 is 5.91. The summed E-state index contributed by atoms with van der Waals surface area (Å²) in [5.74, 6) is 0.751. The molecule has 1 aliphatic carbocycles. The zero-order chi connectivity index (χ0) is 20.1. The summed E-state index contributed by atoms with van der Waals surface area (Å²) in [4.78, 5) is 17.2. The van der Waals surface area contributed by atoms with Crippen LogP contribution in [0.4, 0.5) is 0 Å². The summed E-state index contributed by atoms with van der Waals surface area (Å²) in [7, 11) is 0. The maximum absolute atomic E-state index is 12.5. The molecule has 1 saturated carbocycles. The number of para-hydroxylation sites is 1. The molecule has 3 aromatic rings. The van der Waals surface area contributed by atoms with E-state index >= 15 is 0 Å². The highest BCUT2D eigenvalue weighted by atomic mass is 16.5. The van der Waals surface area contributed by atoms with E-state index in [1.54, 1.807) is 0 Å². The molecule has 0 aliphatic heterocycles. The number of aliphatic hydroxyl groups is 1. The van der Waals surface area contributed by atoms with E-state index in [9.17, 15) is 4.79 Å². The lowest BCUT2D eigenvalue weighted by Gasteiger charge is -2.23. The van der Waals surface area contributed by atoms with E-state index in [1.165, 1.54) is 0 Å². The molecule has 2 aromatic carbocycles. The molecule has 29 heavy (non-hydrogen) atoms. The molecular weight excluding hydrogens is 364 g/mol. The summed E-state index contributed by atoms with van der Waals surface area (Å²) in [6.07, 6.45) is 4.42. The van der Waals surface area contributed by atoms with Gasteiger partial charge in [-0.1, -0.05) is 49.2 Å². The fraction of sp³-hybridized carbons (Fsp3) is 0.333. The molecule has 1 unspecified atom stereocenters. The number of hydrogen-bond acceptors (Lipinski definition) is 4. The number of carbonyl (C=O) groups is 1.